The lowest BCUT2D eigenvalue weighted by molar-refractivity contribution is -0.159. The zero-order chi connectivity index (χ0) is 114. The molecule has 0 unspecified atom stereocenters. The first-order valence-corrected chi connectivity index (χ1v) is 56.0. The molecule has 1 aliphatic carbocycles. The first-order valence-electron chi connectivity index (χ1n) is 52.7. The molecule has 0 amide bonds. The number of hydrogen-bond acceptors (Lipinski definition) is 17. The normalized spacial score (nSPS) is 10.0. The summed E-state index contributed by atoms with van der Waals surface area (Å²) in [6.45, 7) is 99.2. The fraction of sp³-hybridized carbons (Fsp3) is 0.550. The number of esters is 5. The predicted molar refractivity (Wildman–Crippen MR) is 638 cm³/mol. The molecule has 18 heteroatoms. The van der Waals surface area contributed by atoms with Gasteiger partial charge in [-0.05, 0) is 218 Å². The van der Waals surface area contributed by atoms with E-state index in [1.54, 1.807) is 40.7 Å². The van der Waals surface area contributed by atoms with Gasteiger partial charge in [-0.15, -0.1) is 6.58 Å². The van der Waals surface area contributed by atoms with Gasteiger partial charge in [0.15, 0.2) is 18.3 Å². The average molecular weight is 2070 g/mol. The molecule has 6 rings (SSSR count). The lowest BCUT2D eigenvalue weighted by Crippen LogP contribution is -2.36. The maximum Gasteiger partial charge on any atom is 0.310 e. The highest BCUT2D eigenvalue weighted by molar-refractivity contribution is 6.78. The fourth-order valence-electron chi connectivity index (χ4n) is 9.62. The summed E-state index contributed by atoms with van der Waals surface area (Å²) in [7, 11) is -1.02. The largest absolute Gasteiger partial charge is 0.465 e. The minimum atomic E-state index is -1.02. The Labute approximate surface area is 910 Å². The zero-order valence-electron chi connectivity index (χ0n) is 98.5. The predicted octanol–water partition coefficient (Wildman–Crippen LogP) is 34.7. The molecule has 0 aliphatic heterocycles. The number of hydrogen-bond donors (Lipinski definition) is 1. The van der Waals surface area contributed by atoms with Gasteiger partial charge in [0, 0.05) is 82.5 Å². The second-order valence-corrected chi connectivity index (χ2v) is 45.2. The number of aliphatic hydroxyl groups is 1. The van der Waals surface area contributed by atoms with Crippen LogP contribution in [0.4, 0.5) is 0 Å². The van der Waals surface area contributed by atoms with Crippen molar-refractivity contribution in [2.24, 2.45) is 76.9 Å². The number of aliphatic hydroxyl groups excluding tert-OH is 1. The minimum absolute atomic E-state index is 0. The van der Waals surface area contributed by atoms with Crippen molar-refractivity contribution >= 4 is 43.7 Å². The Morgan fingerprint density at radius 2 is 0.796 bits per heavy atom. The van der Waals surface area contributed by atoms with E-state index in [0.717, 1.165) is 105 Å². The molecule has 0 fully saturated rings. The van der Waals surface area contributed by atoms with E-state index in [2.05, 4.69) is 316 Å². The zero-order valence-corrected chi connectivity index (χ0v) is 99.5. The van der Waals surface area contributed by atoms with Crippen LogP contribution in [0.25, 0.3) is 11.1 Å². The lowest BCUT2D eigenvalue weighted by Gasteiger charge is -2.25. The number of Topliss-reactive ketones (excluding diaryl/α,β-unsaturated/α-hetero) is 1. The van der Waals surface area contributed by atoms with Gasteiger partial charge in [-0.1, -0.05) is 402 Å². The van der Waals surface area contributed by atoms with Gasteiger partial charge >= 0.3 is 29.8 Å². The number of carbonyl (C=O) groups excluding carboxylic acids is 6. The molecule has 0 radical (unpaired) electrons. The number of unbranched alkanes of at least 4 members (excludes halogenated alkanes) is 1. The van der Waals surface area contributed by atoms with Crippen LogP contribution in [0, 0.1) is 76.9 Å². The molecule has 0 atom stereocenters. The van der Waals surface area contributed by atoms with Crippen molar-refractivity contribution in [2.45, 2.75) is 319 Å². The molecular weight excluding hydrogens is 1850 g/mol. The van der Waals surface area contributed by atoms with Gasteiger partial charge in [0.1, 0.15) is 25.6 Å². The third-order valence-electron chi connectivity index (χ3n) is 19.2. The SMILES string of the molecule is C=C=C=C=C=CC(=C=C=C=C=C)OC(=C=C=C=C=C)C(C)C.C=CCC(C)C.C=CCOC(=O)C(C)C.CC(=O)C(C)C.CC(C)C.CC(C)C(=O)OCC1c2ccccc2-c2ccccc21.CC(C)C(=O)OCc1ccccc1.CC(C)Cc1ccc(CO)cc1.CC(C)Cc1ccccc1.CCC(C)C.CCOCC(C)C.CCOCCCCOC(=O)C(C)C.CCOCOC(=O)C(C)C.CCOC[Si](C)(C)C(C)C.[HH].[HH].[HH].[HH].[HH].[HH].[HH].[HH].[HH]. The van der Waals surface area contributed by atoms with Crippen LogP contribution in [-0.2, 0) is 102 Å². The molecular formula is C129H218O17Si. The van der Waals surface area contributed by atoms with E-state index in [9.17, 15) is 28.8 Å². The highest BCUT2D eigenvalue weighted by atomic mass is 28.3. The molecule has 0 bridgehead atoms. The van der Waals surface area contributed by atoms with Crippen molar-refractivity contribution in [2.75, 3.05) is 72.5 Å². The number of allylic oxidation sites excluding steroid dienone is 3. The van der Waals surface area contributed by atoms with Crippen LogP contribution < -0.4 is 0 Å². The number of fused-ring (bicyclic) bond motifs is 3. The molecule has 1 N–H and O–H groups in total. The van der Waals surface area contributed by atoms with Gasteiger partial charge in [0.2, 0.25) is 0 Å². The van der Waals surface area contributed by atoms with Gasteiger partial charge in [-0.2, -0.15) is 0 Å². The summed E-state index contributed by atoms with van der Waals surface area (Å²) < 4.78 is 51.0. The number of ketones is 1. The van der Waals surface area contributed by atoms with Gasteiger partial charge in [0.05, 0.1) is 50.9 Å². The van der Waals surface area contributed by atoms with Gasteiger partial charge in [0.25, 0.3) is 0 Å². The summed E-state index contributed by atoms with van der Waals surface area (Å²) in [5.41, 5.74) is 41.7. The third-order valence-corrected chi connectivity index (χ3v) is 23.3. The number of ether oxygens (including phenoxy) is 10. The van der Waals surface area contributed by atoms with Crippen molar-refractivity contribution in [3.8, 4) is 11.1 Å². The molecule has 5 aromatic carbocycles. The summed E-state index contributed by atoms with van der Waals surface area (Å²) in [6.07, 6.45) is 12.6. The van der Waals surface area contributed by atoms with Crippen LogP contribution in [0.5, 0.6) is 0 Å². The number of carbonyl (C=O) groups is 6. The number of benzene rings is 5. The molecule has 17 nitrogen and oxygen atoms in total. The second kappa shape index (κ2) is 102. The smallest absolute Gasteiger partial charge is 0.310 e. The molecule has 840 valence electrons. The molecule has 0 saturated heterocycles. The van der Waals surface area contributed by atoms with E-state index in [1.807, 2.05) is 151 Å². The first-order chi connectivity index (χ1) is 69.3. The van der Waals surface area contributed by atoms with Crippen molar-refractivity contribution in [1.29, 1.82) is 0 Å². The van der Waals surface area contributed by atoms with Crippen molar-refractivity contribution in [1.82, 2.24) is 0 Å². The molecule has 0 spiro atoms. The lowest BCUT2D eigenvalue weighted by atomic mass is 9.98. The maximum atomic E-state index is 11.7. The molecule has 0 saturated carbocycles. The Hall–Kier alpha value is -11.0. The van der Waals surface area contributed by atoms with Crippen LogP contribution in [-0.4, -0.2) is 121 Å². The Bertz CT molecular complexity index is 4730. The Morgan fingerprint density at radius 3 is 1.16 bits per heavy atom. The summed E-state index contributed by atoms with van der Waals surface area (Å²) >= 11 is 0. The van der Waals surface area contributed by atoms with Crippen LogP contribution in [0.1, 0.15) is 320 Å². The molecule has 147 heavy (non-hydrogen) atoms. The summed E-state index contributed by atoms with van der Waals surface area (Å²) in [5, 5.41) is 8.81. The average Bonchev–Trinajstić information content (AvgIpc) is 1.61. The van der Waals surface area contributed by atoms with E-state index < -0.39 is 8.07 Å². The summed E-state index contributed by atoms with van der Waals surface area (Å²) in [4.78, 5) is 65.3. The minimum Gasteiger partial charge on any atom is -0.465 e. The maximum absolute atomic E-state index is 11.7. The second-order valence-electron chi connectivity index (χ2n) is 39.8. The van der Waals surface area contributed by atoms with Crippen molar-refractivity contribution < 1.29 is 94.1 Å². The van der Waals surface area contributed by atoms with E-state index in [-0.39, 0.29) is 109 Å². The molecule has 0 heterocycles. The summed E-state index contributed by atoms with van der Waals surface area (Å²) in [5.74, 6) is 5.14. The molecule has 0 aromatic heterocycles. The standard InChI is InChI=1S/C21H14O.C18H18O2.C11H14O2.C11H16O.C10H20O3.C10H14.C8H20OSi.C7H14O3.C7H12O2.C6H14O.C6H12.C5H10O.C5H12.C4H10.9H2/c1-6-9-12-15-17-20(16-13-10-7-2)22-21(19(4)5)18-14-11-8-3;1-12(2)18(19)20-11-17-15-9-5-3-7-13(15)14-8-4-6-10-16(14)17;1-9(2)11(12)13-8-10-6-4-3-5-7-10;1-9(2)7-10-3-5-11(8-12)6-4-10;1-4-12-7-5-6-8-13-10(11)9(2)3;1-9(2)8-10-6-4-3-5-7-10;1-6-9-7-10(4,5)8(2)3;1-4-9-5-10-7(8)6(2)3;1-4-5-9-7(8)6(2)3;1-4-7-5-6(2)3;1-4-5-6(2)3;1-4(2)5(3)6;1-4-5(2)3;1-4(2)3;;;;;;;;;/h17,19H,1-3H2,4-5H3;3-10,12,17H,11H2,1-2H3;3-7,9H,8H2,1-2H3;3-6,9,12H,7-8H2,1-2H3;9H,4-8H2,1-3H3;3-7,9H,8H2,1-2H3;8H,6-7H2,1-5H3;6H,4-5H2,1-3H3;4,6H,1,5H2,2-3H3;6H,4-5H2,1-3H3;4,6H,1,5H2,2-3H3;4H,1-3H3;5H,4H2,1-3H3;4H,1-3H3;9*1H. The fourth-order valence-corrected chi connectivity index (χ4v) is 10.7. The van der Waals surface area contributed by atoms with E-state index >= 15 is 0 Å². The molecule has 5 aromatic rings. The quantitative estimate of drug-likeness (QED) is 0.00444. The van der Waals surface area contributed by atoms with E-state index in [1.165, 1.54) is 52.3 Å². The van der Waals surface area contributed by atoms with Gasteiger partial charge < -0.3 is 52.5 Å². The van der Waals surface area contributed by atoms with Crippen LogP contribution in [0.2, 0.25) is 18.6 Å². The third kappa shape index (κ3) is 101. The Kier molecular flexibility index (Phi) is 105. The van der Waals surface area contributed by atoms with Crippen molar-refractivity contribution in [3.05, 3.63) is 298 Å². The Morgan fingerprint density at radius 1 is 0.408 bits per heavy atom. The number of rotatable bonds is 40. The van der Waals surface area contributed by atoms with E-state index in [0.29, 0.717) is 56.4 Å². The van der Waals surface area contributed by atoms with Crippen LogP contribution in [0.3, 0.4) is 0 Å². The Balaban J connectivity index is -0.0000000904. The topological polar surface area (TPSA) is 215 Å². The monoisotopic (exact) mass is 2070 g/mol. The van der Waals surface area contributed by atoms with E-state index in [4.69, 9.17) is 47.7 Å². The molecule has 1 aliphatic rings. The van der Waals surface area contributed by atoms with Crippen LogP contribution >= 0.6 is 0 Å². The van der Waals surface area contributed by atoms with Gasteiger partial charge in [-0.25, -0.2) is 0 Å². The summed E-state index contributed by atoms with van der Waals surface area (Å²) in [6, 6.07) is 45.2. The van der Waals surface area contributed by atoms with Crippen molar-refractivity contribution in [3.63, 3.8) is 0 Å². The van der Waals surface area contributed by atoms with Crippen LogP contribution in [0.15, 0.2) is 265 Å². The highest BCUT2D eigenvalue weighted by Gasteiger charge is 2.30. The van der Waals surface area contributed by atoms with Gasteiger partial charge in [-0.3, -0.25) is 28.8 Å². The first kappa shape index (κ1) is 151. The highest BCUT2D eigenvalue weighted by Crippen LogP contribution is 2.44.